The summed E-state index contributed by atoms with van der Waals surface area (Å²) in [5.41, 5.74) is 3.52. The number of imidazole rings is 1. The fraction of sp³-hybridized carbons (Fsp3) is 0.130. The lowest BCUT2D eigenvalue weighted by molar-refractivity contribution is 0.0993. The second-order valence-electron chi connectivity index (χ2n) is 6.70. The van der Waals surface area contributed by atoms with Crippen LogP contribution in [0.2, 0.25) is 10.0 Å². The topological polar surface area (TPSA) is 64.2 Å². The van der Waals surface area contributed by atoms with E-state index in [4.69, 9.17) is 32.7 Å². The number of H-pyrrole nitrogens is 1. The van der Waals surface area contributed by atoms with Crippen molar-refractivity contribution < 1.29 is 14.3 Å². The van der Waals surface area contributed by atoms with Gasteiger partial charge in [-0.25, -0.2) is 4.98 Å². The van der Waals surface area contributed by atoms with Crippen LogP contribution in [0.15, 0.2) is 54.6 Å². The van der Waals surface area contributed by atoms with Gasteiger partial charge in [-0.1, -0.05) is 35.3 Å². The van der Waals surface area contributed by atoms with Gasteiger partial charge in [0.05, 0.1) is 40.9 Å². The molecular weight excluding hydrogens is 423 g/mol. The van der Waals surface area contributed by atoms with Gasteiger partial charge in [0.25, 0.3) is 0 Å². The van der Waals surface area contributed by atoms with Crippen LogP contribution < -0.4 is 9.47 Å². The second-order valence-corrected chi connectivity index (χ2v) is 7.52. The van der Waals surface area contributed by atoms with E-state index < -0.39 is 0 Å². The molecule has 1 aromatic heterocycles. The highest BCUT2D eigenvalue weighted by atomic mass is 35.5. The smallest absolute Gasteiger partial charge is 0.167 e. The average Bonchev–Trinajstić information content (AvgIpc) is 3.16. The number of hydrogen-bond donors (Lipinski definition) is 1. The Bertz CT molecular complexity index is 1230. The van der Waals surface area contributed by atoms with Gasteiger partial charge < -0.3 is 14.5 Å². The van der Waals surface area contributed by atoms with Crippen molar-refractivity contribution in [1.82, 2.24) is 9.97 Å². The highest BCUT2D eigenvalue weighted by molar-refractivity contribution is 6.39. The van der Waals surface area contributed by atoms with E-state index in [9.17, 15) is 4.79 Å². The molecule has 1 N–H and O–H groups in total. The number of carbonyl (C=O) groups excluding carboxylic acids is 1. The van der Waals surface area contributed by atoms with Crippen molar-refractivity contribution in [3.63, 3.8) is 0 Å². The first-order valence-electron chi connectivity index (χ1n) is 9.18. The first kappa shape index (κ1) is 20.3. The van der Waals surface area contributed by atoms with Crippen molar-refractivity contribution in [2.45, 2.75) is 6.42 Å². The van der Waals surface area contributed by atoms with Crippen LogP contribution in [0.25, 0.3) is 22.4 Å². The Morgan fingerprint density at radius 1 is 0.967 bits per heavy atom. The van der Waals surface area contributed by atoms with E-state index >= 15 is 0 Å². The number of ether oxygens (including phenoxy) is 2. The van der Waals surface area contributed by atoms with Crippen LogP contribution in [-0.2, 0) is 6.42 Å². The summed E-state index contributed by atoms with van der Waals surface area (Å²) in [6, 6.07) is 16.1. The van der Waals surface area contributed by atoms with Crippen LogP contribution in [0, 0.1) is 0 Å². The maximum absolute atomic E-state index is 12.8. The normalized spacial score (nSPS) is 10.9. The summed E-state index contributed by atoms with van der Waals surface area (Å²) in [7, 11) is 3.14. The van der Waals surface area contributed by atoms with Gasteiger partial charge in [0, 0.05) is 12.0 Å². The summed E-state index contributed by atoms with van der Waals surface area (Å²) < 4.78 is 10.6. The molecule has 0 aliphatic carbocycles. The van der Waals surface area contributed by atoms with Gasteiger partial charge in [0.1, 0.15) is 5.82 Å². The molecule has 1 heterocycles. The number of aromatic nitrogens is 2. The molecule has 0 aliphatic heterocycles. The monoisotopic (exact) mass is 440 g/mol. The zero-order valence-corrected chi connectivity index (χ0v) is 17.8. The van der Waals surface area contributed by atoms with Gasteiger partial charge in [0.15, 0.2) is 17.3 Å². The summed E-state index contributed by atoms with van der Waals surface area (Å²) in [5, 5.41) is 1.01. The molecular formula is C23H18Cl2N2O3. The Morgan fingerprint density at radius 3 is 2.40 bits per heavy atom. The number of ketones is 1. The first-order chi connectivity index (χ1) is 14.5. The van der Waals surface area contributed by atoms with Crippen LogP contribution >= 0.6 is 23.2 Å². The zero-order chi connectivity index (χ0) is 21.3. The SMILES string of the molecule is COc1ccc(CC(=O)c2ccc3nc(-c4c(Cl)cccc4Cl)[nH]c3c2)cc1OC. The molecule has 3 aromatic carbocycles. The third kappa shape index (κ3) is 3.86. The summed E-state index contributed by atoms with van der Waals surface area (Å²) in [6.07, 6.45) is 0.239. The molecule has 30 heavy (non-hydrogen) atoms. The van der Waals surface area contributed by atoms with Crippen LogP contribution in [-0.4, -0.2) is 30.0 Å². The molecule has 0 amide bonds. The number of methoxy groups -OCH3 is 2. The Kier molecular flexibility index (Phi) is 5.66. The predicted octanol–water partition coefficient (Wildman–Crippen LogP) is 5.98. The highest BCUT2D eigenvalue weighted by Crippen LogP contribution is 2.34. The van der Waals surface area contributed by atoms with Crippen molar-refractivity contribution in [1.29, 1.82) is 0 Å². The third-order valence-electron chi connectivity index (χ3n) is 4.82. The number of nitrogens with zero attached hydrogens (tertiary/aromatic N) is 1. The third-order valence-corrected chi connectivity index (χ3v) is 5.45. The number of nitrogens with one attached hydrogen (secondary N) is 1. The van der Waals surface area contributed by atoms with Gasteiger partial charge >= 0.3 is 0 Å². The summed E-state index contributed by atoms with van der Waals surface area (Å²) in [6.45, 7) is 0. The molecule has 5 nitrogen and oxygen atoms in total. The quantitative estimate of drug-likeness (QED) is 0.374. The molecule has 4 aromatic rings. The van der Waals surface area contributed by atoms with E-state index in [1.807, 2.05) is 18.2 Å². The van der Waals surface area contributed by atoms with E-state index in [0.717, 1.165) is 16.6 Å². The molecule has 0 radical (unpaired) electrons. The number of rotatable bonds is 6. The van der Waals surface area contributed by atoms with Crippen LogP contribution in [0.4, 0.5) is 0 Å². The molecule has 0 saturated heterocycles. The Morgan fingerprint density at radius 2 is 1.70 bits per heavy atom. The minimum Gasteiger partial charge on any atom is -0.493 e. The fourth-order valence-corrected chi connectivity index (χ4v) is 3.88. The molecule has 0 atom stereocenters. The summed E-state index contributed by atoms with van der Waals surface area (Å²) in [5.74, 6) is 1.76. The van der Waals surface area contributed by atoms with E-state index in [1.54, 1.807) is 50.6 Å². The largest absolute Gasteiger partial charge is 0.493 e. The zero-order valence-electron chi connectivity index (χ0n) is 16.3. The Labute approximate surface area is 183 Å². The Hall–Kier alpha value is -3.02. The molecule has 0 spiro atoms. The maximum Gasteiger partial charge on any atom is 0.167 e. The van der Waals surface area contributed by atoms with Crippen LogP contribution in [0.3, 0.4) is 0 Å². The molecule has 152 valence electrons. The second kappa shape index (κ2) is 8.38. The Balaban J connectivity index is 1.63. The minimum absolute atomic E-state index is 0.0176. The van der Waals surface area contributed by atoms with Gasteiger partial charge in [-0.15, -0.1) is 0 Å². The summed E-state index contributed by atoms with van der Waals surface area (Å²) >= 11 is 12.6. The number of fused-ring (bicyclic) bond motifs is 1. The number of hydrogen-bond acceptors (Lipinski definition) is 4. The molecule has 0 bridgehead atoms. The van der Waals surface area contributed by atoms with Gasteiger partial charge in [-0.2, -0.15) is 0 Å². The van der Waals surface area contributed by atoms with Gasteiger partial charge in [0.2, 0.25) is 0 Å². The van der Waals surface area contributed by atoms with E-state index in [0.29, 0.717) is 38.5 Å². The molecule has 0 saturated carbocycles. The maximum atomic E-state index is 12.8. The minimum atomic E-state index is -0.0176. The molecule has 0 fully saturated rings. The van der Waals surface area contributed by atoms with Gasteiger partial charge in [-0.3, -0.25) is 4.79 Å². The number of carbonyl (C=O) groups is 1. The standard InChI is InChI=1S/C23H18Cl2N2O3/c1-29-20-9-6-13(11-21(20)30-2)10-19(28)14-7-8-17-18(12-14)27-23(26-17)22-15(24)4-3-5-16(22)25/h3-9,11-12H,10H2,1-2H3,(H,26,27). The lowest BCUT2D eigenvalue weighted by Gasteiger charge is -2.09. The van der Waals surface area contributed by atoms with Crippen molar-refractivity contribution in [3.8, 4) is 22.9 Å². The predicted molar refractivity (Wildman–Crippen MR) is 119 cm³/mol. The van der Waals surface area contributed by atoms with Crippen molar-refractivity contribution in [2.24, 2.45) is 0 Å². The number of aromatic amines is 1. The number of halogens is 2. The van der Waals surface area contributed by atoms with Crippen molar-refractivity contribution in [3.05, 3.63) is 75.8 Å². The van der Waals surface area contributed by atoms with Gasteiger partial charge in [-0.05, 0) is 48.0 Å². The van der Waals surface area contributed by atoms with E-state index in [2.05, 4.69) is 9.97 Å². The number of benzene rings is 3. The highest BCUT2D eigenvalue weighted by Gasteiger charge is 2.15. The average molecular weight is 441 g/mol. The summed E-state index contributed by atoms with van der Waals surface area (Å²) in [4.78, 5) is 20.6. The number of Topliss-reactive ketones (excluding diaryl/α,β-unsaturated/α-hetero) is 1. The fourth-order valence-electron chi connectivity index (χ4n) is 3.30. The lowest BCUT2D eigenvalue weighted by atomic mass is 10.0. The van der Waals surface area contributed by atoms with Crippen LogP contribution in [0.5, 0.6) is 11.5 Å². The lowest BCUT2D eigenvalue weighted by Crippen LogP contribution is -2.04. The first-order valence-corrected chi connectivity index (χ1v) is 9.94. The van der Waals surface area contributed by atoms with E-state index in [1.165, 1.54) is 0 Å². The van der Waals surface area contributed by atoms with E-state index in [-0.39, 0.29) is 12.2 Å². The molecule has 4 rings (SSSR count). The van der Waals surface area contributed by atoms with Crippen molar-refractivity contribution in [2.75, 3.05) is 14.2 Å². The van der Waals surface area contributed by atoms with Crippen molar-refractivity contribution >= 4 is 40.0 Å². The van der Waals surface area contributed by atoms with Crippen LogP contribution in [0.1, 0.15) is 15.9 Å². The molecule has 0 aliphatic rings. The molecule has 0 unspecified atom stereocenters. The molecule has 7 heteroatoms.